The lowest BCUT2D eigenvalue weighted by Crippen LogP contribution is -2.23. The Hall–Kier alpha value is -4.01. The van der Waals surface area contributed by atoms with Gasteiger partial charge in [-0.3, -0.25) is 9.78 Å². The Balaban J connectivity index is 1.54. The van der Waals surface area contributed by atoms with E-state index >= 15 is 0 Å². The quantitative estimate of drug-likeness (QED) is 0.350. The number of benzene rings is 1. The average Bonchev–Trinajstić information content (AvgIpc) is 3.41. The van der Waals surface area contributed by atoms with Crippen molar-refractivity contribution in [1.82, 2.24) is 24.6 Å². The molecule has 3 heterocycles. The first-order chi connectivity index (χ1) is 15.4. The highest BCUT2D eigenvalue weighted by atomic mass is 16.2. The Labute approximate surface area is 183 Å². The van der Waals surface area contributed by atoms with Gasteiger partial charge in [-0.25, -0.2) is 14.3 Å². The van der Waals surface area contributed by atoms with Crippen LogP contribution in [-0.2, 0) is 0 Å². The Bertz CT molecular complexity index is 1450. The fourth-order valence-corrected chi connectivity index (χ4v) is 4.22. The van der Waals surface area contributed by atoms with Gasteiger partial charge in [0.2, 0.25) is 0 Å². The lowest BCUT2D eigenvalue weighted by Gasteiger charge is -2.14. The summed E-state index contributed by atoms with van der Waals surface area (Å²) in [6.45, 7) is 4.15. The summed E-state index contributed by atoms with van der Waals surface area (Å²) in [5, 5.41) is 15.6. The minimum absolute atomic E-state index is 0.237. The summed E-state index contributed by atoms with van der Waals surface area (Å²) in [6.07, 6.45) is 7.15. The van der Waals surface area contributed by atoms with Gasteiger partial charge < -0.3 is 15.7 Å². The summed E-state index contributed by atoms with van der Waals surface area (Å²) in [7, 11) is 0. The lowest BCUT2D eigenvalue weighted by atomic mass is 10.0. The normalized spacial score (nSPS) is 17.6. The van der Waals surface area contributed by atoms with Gasteiger partial charge in [0.05, 0.1) is 11.3 Å². The van der Waals surface area contributed by atoms with Crippen LogP contribution >= 0.6 is 0 Å². The van der Waals surface area contributed by atoms with E-state index in [1.807, 2.05) is 12.1 Å². The van der Waals surface area contributed by atoms with E-state index in [0.29, 0.717) is 17.2 Å². The molecule has 5 rings (SSSR count). The van der Waals surface area contributed by atoms with Gasteiger partial charge in [-0.2, -0.15) is 5.10 Å². The highest BCUT2D eigenvalue weighted by molar-refractivity contribution is 5.86. The van der Waals surface area contributed by atoms with Crippen LogP contribution in [0.2, 0.25) is 0 Å². The predicted octanol–water partition coefficient (Wildman–Crippen LogP) is 2.86. The molecule has 0 aliphatic heterocycles. The molecule has 0 spiro atoms. The standard InChI is InChI=1S/C23H23N7O2/c1-12(2)27-19-7-13(3-4-14(19)10-24)15-8-16(15)17-9-20(29-30-6-5-25-21(17)30)18-11-26-23(32)28-22(18)31/h3-7,9-12,15-16,24,27H,8H2,1-2H3,(H2,26,28,31,32)/t15-,16+/m1/s1. The zero-order valence-electron chi connectivity index (χ0n) is 17.7. The first kappa shape index (κ1) is 19.9. The third kappa shape index (κ3) is 3.51. The third-order valence-electron chi connectivity index (χ3n) is 5.78. The van der Waals surface area contributed by atoms with E-state index in [0.717, 1.165) is 28.9 Å². The van der Waals surface area contributed by atoms with Gasteiger partial charge in [0, 0.05) is 47.7 Å². The number of nitrogens with one attached hydrogen (secondary N) is 4. The maximum absolute atomic E-state index is 12.3. The number of aromatic nitrogens is 5. The molecule has 4 aromatic rings. The number of rotatable bonds is 6. The molecule has 32 heavy (non-hydrogen) atoms. The first-order valence-corrected chi connectivity index (χ1v) is 10.5. The Morgan fingerprint density at radius 3 is 2.84 bits per heavy atom. The summed E-state index contributed by atoms with van der Waals surface area (Å²) >= 11 is 0. The summed E-state index contributed by atoms with van der Waals surface area (Å²) in [4.78, 5) is 33.0. The van der Waals surface area contributed by atoms with Crippen molar-refractivity contribution in [3.8, 4) is 11.3 Å². The zero-order chi connectivity index (χ0) is 22.4. The van der Waals surface area contributed by atoms with Crippen molar-refractivity contribution < 1.29 is 0 Å². The van der Waals surface area contributed by atoms with E-state index in [9.17, 15) is 9.59 Å². The van der Waals surface area contributed by atoms with Gasteiger partial charge in [0.15, 0.2) is 5.65 Å². The van der Waals surface area contributed by atoms with Crippen LogP contribution in [0.15, 0.2) is 52.4 Å². The van der Waals surface area contributed by atoms with Gasteiger partial charge in [0.25, 0.3) is 5.56 Å². The molecule has 0 amide bonds. The topological polar surface area (TPSA) is 132 Å². The summed E-state index contributed by atoms with van der Waals surface area (Å²) in [5.74, 6) is 0.549. The molecule has 0 radical (unpaired) electrons. The number of hydrogen-bond acceptors (Lipinski definition) is 6. The Kier molecular flexibility index (Phi) is 4.73. The van der Waals surface area contributed by atoms with E-state index in [1.165, 1.54) is 18.0 Å². The monoisotopic (exact) mass is 429 g/mol. The minimum atomic E-state index is -0.552. The van der Waals surface area contributed by atoms with Crippen LogP contribution in [0.5, 0.6) is 0 Å². The van der Waals surface area contributed by atoms with E-state index in [2.05, 4.69) is 51.3 Å². The maximum atomic E-state index is 12.3. The van der Waals surface area contributed by atoms with Crippen molar-refractivity contribution in [2.45, 2.75) is 38.1 Å². The number of fused-ring (bicyclic) bond motifs is 1. The van der Waals surface area contributed by atoms with Crippen molar-refractivity contribution >= 4 is 17.5 Å². The van der Waals surface area contributed by atoms with E-state index in [4.69, 9.17) is 5.41 Å². The molecule has 2 atom stereocenters. The van der Waals surface area contributed by atoms with Crippen molar-refractivity contribution in [2.24, 2.45) is 0 Å². The van der Waals surface area contributed by atoms with Crippen LogP contribution in [0.4, 0.5) is 5.69 Å². The Morgan fingerprint density at radius 2 is 2.09 bits per heavy atom. The second-order valence-electron chi connectivity index (χ2n) is 8.40. The van der Waals surface area contributed by atoms with Gasteiger partial charge in [-0.15, -0.1) is 0 Å². The third-order valence-corrected chi connectivity index (χ3v) is 5.78. The van der Waals surface area contributed by atoms with Crippen LogP contribution in [0, 0.1) is 5.41 Å². The van der Waals surface area contributed by atoms with E-state index in [1.54, 1.807) is 16.9 Å². The molecule has 4 N–H and O–H groups in total. The van der Waals surface area contributed by atoms with Crippen LogP contribution < -0.4 is 16.6 Å². The highest BCUT2D eigenvalue weighted by Gasteiger charge is 2.41. The number of H-pyrrole nitrogens is 2. The molecule has 3 aromatic heterocycles. The molecule has 1 fully saturated rings. The average molecular weight is 429 g/mol. The first-order valence-electron chi connectivity index (χ1n) is 10.5. The minimum Gasteiger partial charge on any atom is -0.382 e. The number of anilines is 1. The Morgan fingerprint density at radius 1 is 1.25 bits per heavy atom. The SMILES string of the molecule is CC(C)Nc1cc([C@H]2C[C@@H]2c2cc(-c3c[nH]c(=O)[nH]c3=O)nn3ccnc23)ccc1C=N. The smallest absolute Gasteiger partial charge is 0.325 e. The fraction of sp³-hybridized carbons (Fsp3) is 0.261. The number of nitrogens with zero attached hydrogens (tertiary/aromatic N) is 3. The van der Waals surface area contributed by atoms with Crippen LogP contribution in [0.3, 0.4) is 0 Å². The molecule has 0 saturated heterocycles. The molecule has 1 aromatic carbocycles. The highest BCUT2D eigenvalue weighted by Crippen LogP contribution is 2.56. The molecule has 9 nitrogen and oxygen atoms in total. The maximum Gasteiger partial charge on any atom is 0.325 e. The molecular formula is C23H23N7O2. The molecule has 0 bridgehead atoms. The summed E-state index contributed by atoms with van der Waals surface area (Å²) in [6, 6.07) is 8.35. The van der Waals surface area contributed by atoms with Gasteiger partial charge >= 0.3 is 5.69 Å². The van der Waals surface area contributed by atoms with Crippen LogP contribution in [-0.4, -0.2) is 36.8 Å². The van der Waals surface area contributed by atoms with E-state index in [-0.39, 0.29) is 12.0 Å². The molecule has 1 saturated carbocycles. The van der Waals surface area contributed by atoms with Crippen molar-refractivity contribution in [3.63, 3.8) is 0 Å². The van der Waals surface area contributed by atoms with Gasteiger partial charge in [-0.1, -0.05) is 12.1 Å². The van der Waals surface area contributed by atoms with Crippen LogP contribution in [0.1, 0.15) is 48.8 Å². The number of imidazole rings is 1. The van der Waals surface area contributed by atoms with Gasteiger partial charge in [-0.05, 0) is 49.8 Å². The lowest BCUT2D eigenvalue weighted by molar-refractivity contribution is 0.896. The van der Waals surface area contributed by atoms with Gasteiger partial charge in [0.1, 0.15) is 0 Å². The zero-order valence-corrected chi connectivity index (χ0v) is 17.7. The largest absolute Gasteiger partial charge is 0.382 e. The molecule has 1 aliphatic rings. The molecular weight excluding hydrogens is 406 g/mol. The van der Waals surface area contributed by atoms with Crippen LogP contribution in [0.25, 0.3) is 16.9 Å². The van der Waals surface area contributed by atoms with Crippen molar-refractivity contribution in [1.29, 1.82) is 5.41 Å². The second kappa shape index (κ2) is 7.60. The van der Waals surface area contributed by atoms with Crippen molar-refractivity contribution in [2.75, 3.05) is 5.32 Å². The summed E-state index contributed by atoms with van der Waals surface area (Å²) < 4.78 is 1.68. The van der Waals surface area contributed by atoms with E-state index < -0.39 is 11.2 Å². The molecule has 162 valence electrons. The van der Waals surface area contributed by atoms with Crippen molar-refractivity contribution in [3.05, 3.63) is 80.4 Å². The second-order valence-corrected chi connectivity index (χ2v) is 8.40. The predicted molar refractivity (Wildman–Crippen MR) is 123 cm³/mol. The number of aromatic amines is 2. The number of hydrogen-bond donors (Lipinski definition) is 4. The molecule has 0 unspecified atom stereocenters. The summed E-state index contributed by atoms with van der Waals surface area (Å²) in [5.41, 5.74) is 4.55. The molecule has 1 aliphatic carbocycles. The fourth-order valence-electron chi connectivity index (χ4n) is 4.22. The molecule has 9 heteroatoms.